The Kier molecular flexibility index (Phi) is 4.72. The van der Waals surface area contributed by atoms with Gasteiger partial charge in [-0.25, -0.2) is 17.5 Å². The van der Waals surface area contributed by atoms with Crippen molar-refractivity contribution in [2.45, 2.75) is 4.90 Å². The number of rotatable bonds is 5. The van der Waals surface area contributed by atoms with Crippen molar-refractivity contribution >= 4 is 16.0 Å². The molecule has 23 heavy (non-hydrogen) atoms. The highest BCUT2D eigenvalue weighted by Crippen LogP contribution is 2.29. The zero-order chi connectivity index (χ0) is 17.2. The van der Waals surface area contributed by atoms with Crippen molar-refractivity contribution in [2.24, 2.45) is 0 Å². The average molecular weight is 335 g/mol. The van der Waals surface area contributed by atoms with E-state index in [-0.39, 0.29) is 10.5 Å². The maximum Gasteiger partial charge on any atom is 0.336 e. The molecule has 0 aliphatic rings. The van der Waals surface area contributed by atoms with Crippen molar-refractivity contribution in [3.8, 4) is 16.9 Å². The standard InChI is InChI=1S/C16H17NO5S/c1-17(2)23(20,21)13-6-4-5-11(9-13)14-8-7-12(22-3)10-15(14)16(18)19/h4-10H,1-3H3,(H,18,19). The number of nitrogens with zero attached hydrogens (tertiary/aromatic N) is 1. The Hall–Kier alpha value is -2.38. The topological polar surface area (TPSA) is 83.9 Å². The van der Waals surface area contributed by atoms with Crippen LogP contribution in [0.3, 0.4) is 0 Å². The molecule has 0 aromatic heterocycles. The highest BCUT2D eigenvalue weighted by atomic mass is 32.2. The molecule has 0 atom stereocenters. The molecule has 0 radical (unpaired) electrons. The number of hydrogen-bond donors (Lipinski definition) is 1. The molecular weight excluding hydrogens is 318 g/mol. The first-order valence-corrected chi connectivity index (χ1v) is 8.15. The minimum atomic E-state index is -3.59. The van der Waals surface area contributed by atoms with Crippen molar-refractivity contribution in [3.05, 3.63) is 48.0 Å². The van der Waals surface area contributed by atoms with Gasteiger partial charge in [0.25, 0.3) is 0 Å². The second-order valence-corrected chi connectivity index (χ2v) is 7.18. The van der Waals surface area contributed by atoms with Crippen LogP contribution in [0.2, 0.25) is 0 Å². The Balaban J connectivity index is 2.62. The molecule has 6 nitrogen and oxygen atoms in total. The zero-order valence-corrected chi connectivity index (χ0v) is 13.8. The average Bonchev–Trinajstić information content (AvgIpc) is 2.54. The van der Waals surface area contributed by atoms with Crippen molar-refractivity contribution in [1.29, 1.82) is 0 Å². The highest BCUT2D eigenvalue weighted by Gasteiger charge is 2.19. The van der Waals surface area contributed by atoms with Crippen LogP contribution in [-0.2, 0) is 10.0 Å². The molecule has 0 bridgehead atoms. The van der Waals surface area contributed by atoms with Crippen molar-refractivity contribution in [2.75, 3.05) is 21.2 Å². The Morgan fingerprint density at radius 2 is 1.83 bits per heavy atom. The van der Waals surface area contributed by atoms with Gasteiger partial charge in [-0.05, 0) is 41.5 Å². The Morgan fingerprint density at radius 1 is 1.13 bits per heavy atom. The molecule has 0 fully saturated rings. The minimum absolute atomic E-state index is 0.0451. The minimum Gasteiger partial charge on any atom is -0.497 e. The molecule has 1 N–H and O–H groups in total. The van der Waals surface area contributed by atoms with Crippen LogP contribution in [-0.4, -0.2) is 45.0 Å². The van der Waals surface area contributed by atoms with Crippen LogP contribution >= 0.6 is 0 Å². The first kappa shape index (κ1) is 17.0. The van der Waals surface area contributed by atoms with Crippen molar-refractivity contribution < 1.29 is 23.1 Å². The van der Waals surface area contributed by atoms with E-state index in [9.17, 15) is 18.3 Å². The van der Waals surface area contributed by atoms with E-state index in [0.717, 1.165) is 4.31 Å². The summed E-state index contributed by atoms with van der Waals surface area (Å²) in [7, 11) is 0.742. The molecule has 0 spiro atoms. The molecular formula is C16H17NO5S. The van der Waals surface area contributed by atoms with E-state index in [2.05, 4.69) is 0 Å². The SMILES string of the molecule is COc1ccc(-c2cccc(S(=O)(=O)N(C)C)c2)c(C(=O)O)c1. The van der Waals surface area contributed by atoms with Crippen LogP contribution < -0.4 is 4.74 Å². The smallest absolute Gasteiger partial charge is 0.336 e. The molecule has 0 saturated carbocycles. The Morgan fingerprint density at radius 3 is 2.39 bits per heavy atom. The highest BCUT2D eigenvalue weighted by molar-refractivity contribution is 7.89. The maximum atomic E-state index is 12.2. The van der Waals surface area contributed by atoms with E-state index < -0.39 is 16.0 Å². The molecule has 2 aromatic carbocycles. The van der Waals surface area contributed by atoms with Gasteiger partial charge in [0.1, 0.15) is 5.75 Å². The summed E-state index contributed by atoms with van der Waals surface area (Å²) in [6.45, 7) is 0. The second kappa shape index (κ2) is 6.39. The summed E-state index contributed by atoms with van der Waals surface area (Å²) in [6, 6.07) is 10.8. The van der Waals surface area contributed by atoms with E-state index in [1.807, 2.05) is 0 Å². The summed E-state index contributed by atoms with van der Waals surface area (Å²) in [5.74, 6) is -0.692. The normalized spacial score (nSPS) is 11.5. The molecule has 0 saturated heterocycles. The molecule has 2 aromatic rings. The van der Waals surface area contributed by atoms with E-state index in [4.69, 9.17) is 4.74 Å². The Bertz CT molecular complexity index is 843. The summed E-state index contributed by atoms with van der Waals surface area (Å²) < 4.78 is 30.6. The lowest BCUT2D eigenvalue weighted by Crippen LogP contribution is -2.22. The number of sulfonamides is 1. The molecule has 0 amide bonds. The molecule has 2 rings (SSSR count). The third-order valence-corrected chi connectivity index (χ3v) is 5.19. The van der Waals surface area contributed by atoms with Crippen LogP contribution in [0, 0.1) is 0 Å². The van der Waals surface area contributed by atoms with E-state index >= 15 is 0 Å². The van der Waals surface area contributed by atoms with Gasteiger partial charge in [-0.3, -0.25) is 0 Å². The van der Waals surface area contributed by atoms with Gasteiger partial charge < -0.3 is 9.84 Å². The monoisotopic (exact) mass is 335 g/mol. The van der Waals surface area contributed by atoms with Gasteiger partial charge in [0.15, 0.2) is 0 Å². The number of carboxylic acids is 1. The van der Waals surface area contributed by atoms with Crippen LogP contribution in [0.15, 0.2) is 47.4 Å². The molecule has 122 valence electrons. The second-order valence-electron chi connectivity index (χ2n) is 5.03. The van der Waals surface area contributed by atoms with E-state index in [1.165, 1.54) is 39.4 Å². The summed E-state index contributed by atoms with van der Waals surface area (Å²) in [5, 5.41) is 9.38. The molecule has 0 aliphatic carbocycles. The quantitative estimate of drug-likeness (QED) is 0.906. The van der Waals surface area contributed by atoms with Gasteiger partial charge >= 0.3 is 5.97 Å². The van der Waals surface area contributed by atoms with Gasteiger partial charge in [-0.1, -0.05) is 12.1 Å². The third kappa shape index (κ3) is 3.35. The largest absolute Gasteiger partial charge is 0.497 e. The van der Waals surface area contributed by atoms with Gasteiger partial charge in [0.05, 0.1) is 17.6 Å². The van der Waals surface area contributed by atoms with Gasteiger partial charge in [-0.2, -0.15) is 0 Å². The molecule has 7 heteroatoms. The third-order valence-electron chi connectivity index (χ3n) is 3.38. The number of methoxy groups -OCH3 is 1. The number of benzene rings is 2. The predicted molar refractivity (Wildman–Crippen MR) is 86.3 cm³/mol. The van der Waals surface area contributed by atoms with Crippen LogP contribution in [0.4, 0.5) is 0 Å². The number of carboxylic acid groups (broad SMARTS) is 1. The lowest BCUT2D eigenvalue weighted by Gasteiger charge is -2.13. The predicted octanol–water partition coefficient (Wildman–Crippen LogP) is 2.31. The summed E-state index contributed by atoms with van der Waals surface area (Å²) in [6.07, 6.45) is 0. The van der Waals surface area contributed by atoms with E-state index in [1.54, 1.807) is 24.3 Å². The fourth-order valence-electron chi connectivity index (χ4n) is 2.11. The molecule has 0 aliphatic heterocycles. The van der Waals surface area contributed by atoms with Crippen LogP contribution in [0.25, 0.3) is 11.1 Å². The number of aromatic carboxylic acids is 1. The van der Waals surface area contributed by atoms with Gasteiger partial charge in [0.2, 0.25) is 10.0 Å². The first-order chi connectivity index (χ1) is 10.8. The van der Waals surface area contributed by atoms with Gasteiger partial charge in [0, 0.05) is 14.1 Å². The van der Waals surface area contributed by atoms with Gasteiger partial charge in [-0.15, -0.1) is 0 Å². The summed E-state index contributed by atoms with van der Waals surface area (Å²) >= 11 is 0. The molecule has 0 unspecified atom stereocenters. The fraction of sp³-hybridized carbons (Fsp3) is 0.188. The number of ether oxygens (including phenoxy) is 1. The Labute approximate surface area is 135 Å². The lowest BCUT2D eigenvalue weighted by atomic mass is 9.99. The fourth-order valence-corrected chi connectivity index (χ4v) is 3.06. The maximum absolute atomic E-state index is 12.2. The number of hydrogen-bond acceptors (Lipinski definition) is 4. The zero-order valence-electron chi connectivity index (χ0n) is 13.0. The summed E-state index contributed by atoms with van der Waals surface area (Å²) in [4.78, 5) is 11.6. The van der Waals surface area contributed by atoms with Crippen LogP contribution in [0.5, 0.6) is 5.75 Å². The van der Waals surface area contributed by atoms with Crippen molar-refractivity contribution in [3.63, 3.8) is 0 Å². The summed E-state index contributed by atoms with van der Waals surface area (Å²) in [5.41, 5.74) is 0.978. The number of carbonyl (C=O) groups is 1. The van der Waals surface area contributed by atoms with Crippen molar-refractivity contribution in [1.82, 2.24) is 4.31 Å². The lowest BCUT2D eigenvalue weighted by molar-refractivity contribution is 0.0697. The molecule has 0 heterocycles. The van der Waals surface area contributed by atoms with E-state index in [0.29, 0.717) is 16.9 Å². The van der Waals surface area contributed by atoms with Crippen LogP contribution in [0.1, 0.15) is 10.4 Å². The first-order valence-electron chi connectivity index (χ1n) is 6.71.